The van der Waals surface area contributed by atoms with E-state index < -0.39 is 0 Å². The van der Waals surface area contributed by atoms with E-state index in [4.69, 9.17) is 0 Å². The minimum atomic E-state index is 0.429. The molecule has 1 unspecified atom stereocenters. The Morgan fingerprint density at radius 2 is 1.90 bits per heavy atom. The van der Waals surface area contributed by atoms with Gasteiger partial charge in [-0.2, -0.15) is 5.10 Å². The Labute approximate surface area is 120 Å². The Morgan fingerprint density at radius 3 is 2.50 bits per heavy atom. The second kappa shape index (κ2) is 5.71. The van der Waals surface area contributed by atoms with Gasteiger partial charge in [-0.05, 0) is 40.7 Å². The predicted molar refractivity (Wildman–Crippen MR) is 80.4 cm³/mol. The van der Waals surface area contributed by atoms with Crippen molar-refractivity contribution in [3.63, 3.8) is 0 Å². The Morgan fingerprint density at radius 1 is 1.20 bits per heavy atom. The summed E-state index contributed by atoms with van der Waals surface area (Å²) in [4.78, 5) is 8.82. The smallest absolute Gasteiger partial charge is 0.157 e. The number of aryl methyl sites for hydroxylation is 3. The second-order valence-electron chi connectivity index (χ2n) is 5.37. The maximum absolute atomic E-state index is 4.66. The predicted octanol–water partition coefficient (Wildman–Crippen LogP) is 2.22. The molecule has 5 heteroatoms. The number of hydrogen-bond donors (Lipinski definition) is 1. The largest absolute Gasteiger partial charge is 0.319 e. The zero-order valence-corrected chi connectivity index (χ0v) is 13.2. The average molecular weight is 273 g/mol. The molecule has 0 amide bonds. The van der Waals surface area contributed by atoms with Crippen molar-refractivity contribution in [1.29, 1.82) is 0 Å². The second-order valence-corrected chi connectivity index (χ2v) is 5.37. The van der Waals surface area contributed by atoms with Crippen LogP contribution in [-0.4, -0.2) is 33.3 Å². The third-order valence-corrected chi connectivity index (χ3v) is 3.52. The molecule has 0 aromatic carbocycles. The third-order valence-electron chi connectivity index (χ3n) is 3.52. The summed E-state index contributed by atoms with van der Waals surface area (Å²) in [5.74, 6) is 2.05. The van der Waals surface area contributed by atoms with E-state index in [0.29, 0.717) is 5.92 Å². The van der Waals surface area contributed by atoms with Crippen molar-refractivity contribution >= 4 is 0 Å². The van der Waals surface area contributed by atoms with Gasteiger partial charge in [0.15, 0.2) is 5.82 Å². The fourth-order valence-corrected chi connectivity index (χ4v) is 2.81. The van der Waals surface area contributed by atoms with Crippen molar-refractivity contribution in [3.05, 3.63) is 34.5 Å². The molecule has 0 aliphatic carbocycles. The van der Waals surface area contributed by atoms with Crippen LogP contribution < -0.4 is 5.32 Å². The van der Waals surface area contributed by atoms with Crippen molar-refractivity contribution in [2.75, 3.05) is 13.6 Å². The quantitative estimate of drug-likeness (QED) is 0.928. The normalized spacial score (nSPS) is 12.7. The van der Waals surface area contributed by atoms with Gasteiger partial charge in [-0.25, -0.2) is 14.6 Å². The topological polar surface area (TPSA) is 55.6 Å². The first-order valence-electron chi connectivity index (χ1n) is 6.97. The number of rotatable bonds is 4. The molecule has 2 heterocycles. The lowest BCUT2D eigenvalue weighted by Crippen LogP contribution is -2.16. The van der Waals surface area contributed by atoms with Crippen molar-refractivity contribution in [3.8, 4) is 5.82 Å². The SMILES string of the molecule is CNCC(C)c1c(C)nn(-c2cc(C)nc(C)n2)c1C. The van der Waals surface area contributed by atoms with E-state index in [0.717, 1.165) is 35.3 Å². The highest BCUT2D eigenvalue weighted by Crippen LogP contribution is 2.24. The average Bonchev–Trinajstić information content (AvgIpc) is 2.64. The number of nitrogens with one attached hydrogen (secondary N) is 1. The maximum Gasteiger partial charge on any atom is 0.157 e. The third kappa shape index (κ3) is 2.72. The molecule has 108 valence electrons. The van der Waals surface area contributed by atoms with Gasteiger partial charge in [0.05, 0.1) is 5.69 Å². The van der Waals surface area contributed by atoms with Crippen LogP contribution >= 0.6 is 0 Å². The van der Waals surface area contributed by atoms with Gasteiger partial charge in [-0.3, -0.25) is 0 Å². The van der Waals surface area contributed by atoms with Gasteiger partial charge in [0, 0.05) is 29.6 Å². The lowest BCUT2D eigenvalue weighted by molar-refractivity contribution is 0.670. The minimum Gasteiger partial charge on any atom is -0.319 e. The van der Waals surface area contributed by atoms with E-state index in [9.17, 15) is 0 Å². The molecular formula is C15H23N5. The van der Waals surface area contributed by atoms with Gasteiger partial charge in [0.25, 0.3) is 0 Å². The Kier molecular flexibility index (Phi) is 4.18. The summed E-state index contributed by atoms with van der Waals surface area (Å²) in [5.41, 5.74) is 4.49. The van der Waals surface area contributed by atoms with Gasteiger partial charge < -0.3 is 5.32 Å². The lowest BCUT2D eigenvalue weighted by atomic mass is 9.99. The molecule has 1 N–H and O–H groups in total. The van der Waals surface area contributed by atoms with Crippen molar-refractivity contribution in [1.82, 2.24) is 25.1 Å². The van der Waals surface area contributed by atoms with Crippen LogP contribution in [0.2, 0.25) is 0 Å². The molecule has 0 bridgehead atoms. The molecule has 2 aromatic rings. The molecule has 0 fully saturated rings. The maximum atomic E-state index is 4.66. The van der Waals surface area contributed by atoms with Gasteiger partial charge in [0.2, 0.25) is 0 Å². The summed E-state index contributed by atoms with van der Waals surface area (Å²) in [6.07, 6.45) is 0. The molecule has 2 aromatic heterocycles. The van der Waals surface area contributed by atoms with Crippen molar-refractivity contribution in [2.24, 2.45) is 0 Å². The van der Waals surface area contributed by atoms with Gasteiger partial charge >= 0.3 is 0 Å². The molecule has 5 nitrogen and oxygen atoms in total. The molecule has 0 spiro atoms. The van der Waals surface area contributed by atoms with Crippen LogP contribution in [0.3, 0.4) is 0 Å². The highest BCUT2D eigenvalue weighted by molar-refractivity contribution is 5.35. The monoisotopic (exact) mass is 273 g/mol. The molecule has 20 heavy (non-hydrogen) atoms. The first-order chi connectivity index (χ1) is 9.43. The summed E-state index contributed by atoms with van der Waals surface area (Å²) in [7, 11) is 1.97. The van der Waals surface area contributed by atoms with E-state index in [1.54, 1.807) is 0 Å². The van der Waals surface area contributed by atoms with E-state index in [-0.39, 0.29) is 0 Å². The van der Waals surface area contributed by atoms with E-state index in [1.165, 1.54) is 5.56 Å². The van der Waals surface area contributed by atoms with Gasteiger partial charge in [-0.15, -0.1) is 0 Å². The fraction of sp³-hybridized carbons (Fsp3) is 0.533. The highest BCUT2D eigenvalue weighted by atomic mass is 15.3. The number of nitrogens with zero attached hydrogens (tertiary/aromatic N) is 4. The Bertz CT molecular complexity index is 595. The van der Waals surface area contributed by atoms with Gasteiger partial charge in [0.1, 0.15) is 5.82 Å². The summed E-state index contributed by atoms with van der Waals surface area (Å²) < 4.78 is 1.93. The standard InChI is InChI=1S/C15H23N5/c1-9(8-16-6)15-11(3)19-20(12(15)4)14-7-10(2)17-13(5)18-14/h7,9,16H,8H2,1-6H3. The summed E-state index contributed by atoms with van der Waals surface area (Å²) in [6.45, 7) is 11.2. The zero-order valence-electron chi connectivity index (χ0n) is 13.2. The number of likely N-dealkylation sites (N-methyl/N-ethyl adjacent to an activating group) is 1. The van der Waals surface area contributed by atoms with Crippen LogP contribution in [0.15, 0.2) is 6.07 Å². The summed E-state index contributed by atoms with van der Waals surface area (Å²) >= 11 is 0. The summed E-state index contributed by atoms with van der Waals surface area (Å²) in [6, 6.07) is 1.97. The Balaban J connectivity index is 2.51. The highest BCUT2D eigenvalue weighted by Gasteiger charge is 2.18. The zero-order chi connectivity index (χ0) is 14.9. The van der Waals surface area contributed by atoms with E-state index in [1.807, 2.05) is 31.6 Å². The summed E-state index contributed by atoms with van der Waals surface area (Å²) in [5, 5.41) is 7.89. The molecule has 0 radical (unpaired) electrons. The molecule has 0 saturated heterocycles. The van der Waals surface area contributed by atoms with Gasteiger partial charge in [-0.1, -0.05) is 6.92 Å². The lowest BCUT2D eigenvalue weighted by Gasteiger charge is -2.12. The van der Waals surface area contributed by atoms with Crippen LogP contribution in [0.4, 0.5) is 0 Å². The number of hydrogen-bond acceptors (Lipinski definition) is 4. The number of aromatic nitrogens is 4. The van der Waals surface area contributed by atoms with Crippen LogP contribution in [0.5, 0.6) is 0 Å². The van der Waals surface area contributed by atoms with E-state index >= 15 is 0 Å². The molecule has 2 rings (SSSR count). The first-order valence-corrected chi connectivity index (χ1v) is 6.97. The molecule has 0 aliphatic heterocycles. The van der Waals surface area contributed by atoms with Crippen LogP contribution in [-0.2, 0) is 0 Å². The molecular weight excluding hydrogens is 250 g/mol. The first kappa shape index (κ1) is 14.7. The van der Waals surface area contributed by atoms with Crippen LogP contribution in [0, 0.1) is 27.7 Å². The minimum absolute atomic E-state index is 0.429. The van der Waals surface area contributed by atoms with Crippen LogP contribution in [0.1, 0.15) is 41.3 Å². The molecule has 1 atom stereocenters. The van der Waals surface area contributed by atoms with E-state index in [2.05, 4.69) is 41.2 Å². The molecule has 0 saturated carbocycles. The molecule has 0 aliphatic rings. The fourth-order valence-electron chi connectivity index (χ4n) is 2.81. The van der Waals surface area contributed by atoms with Crippen molar-refractivity contribution in [2.45, 2.75) is 40.5 Å². The van der Waals surface area contributed by atoms with Crippen LogP contribution in [0.25, 0.3) is 5.82 Å². The van der Waals surface area contributed by atoms with Crippen molar-refractivity contribution < 1.29 is 0 Å². The Hall–Kier alpha value is -1.75.